The second-order valence-corrected chi connectivity index (χ2v) is 8.40. The van der Waals surface area contributed by atoms with Crippen molar-refractivity contribution in [2.45, 2.75) is 13.0 Å². The van der Waals surface area contributed by atoms with Gasteiger partial charge in [0.2, 0.25) is 10.0 Å². The number of para-hydroxylation sites is 1. The number of carbonyl (C=O) groups excluding carboxylic acids is 1. The third-order valence-corrected chi connectivity index (χ3v) is 5.63. The van der Waals surface area contributed by atoms with E-state index in [1.165, 1.54) is 20.2 Å². The van der Waals surface area contributed by atoms with Crippen LogP contribution in [-0.2, 0) is 14.8 Å². The number of hydrogen-bond donors (Lipinski definition) is 1. The molecule has 2 aromatic carbocycles. The highest BCUT2D eigenvalue weighted by molar-refractivity contribution is 7.92. The number of anilines is 1. The number of hydrazone groups is 1. The number of fused-ring (bicyclic) bond motifs is 1. The summed E-state index contributed by atoms with van der Waals surface area (Å²) in [7, 11) is -2.22. The maximum atomic E-state index is 12.6. The second-order valence-electron chi connectivity index (χ2n) is 6.54. The average Bonchev–Trinajstić information content (AvgIpc) is 2.73. The van der Waals surface area contributed by atoms with Gasteiger partial charge < -0.3 is 14.2 Å². The molecule has 0 unspecified atom stereocenters. The van der Waals surface area contributed by atoms with E-state index in [2.05, 4.69) is 10.5 Å². The van der Waals surface area contributed by atoms with Gasteiger partial charge in [0.1, 0.15) is 25.0 Å². The van der Waals surface area contributed by atoms with Gasteiger partial charge in [0.25, 0.3) is 5.91 Å². The molecule has 160 valence electrons. The zero-order chi connectivity index (χ0) is 21.7. The van der Waals surface area contributed by atoms with Gasteiger partial charge in [-0.2, -0.15) is 5.10 Å². The Morgan fingerprint density at radius 3 is 2.57 bits per heavy atom. The third-order valence-electron chi connectivity index (χ3n) is 4.39. The Morgan fingerprint density at radius 1 is 1.20 bits per heavy atom. The fourth-order valence-electron chi connectivity index (χ4n) is 2.99. The van der Waals surface area contributed by atoms with Gasteiger partial charge in [-0.15, -0.1) is 0 Å². The molecule has 30 heavy (non-hydrogen) atoms. The molecular formula is C20H23N3O6S. The molecule has 1 aliphatic rings. The molecule has 0 spiro atoms. The van der Waals surface area contributed by atoms with Gasteiger partial charge in [-0.3, -0.25) is 9.10 Å². The van der Waals surface area contributed by atoms with Crippen LogP contribution in [0, 0.1) is 0 Å². The lowest BCUT2D eigenvalue weighted by molar-refractivity contribution is -0.121. The minimum absolute atomic E-state index is 0.340. The zero-order valence-corrected chi connectivity index (χ0v) is 17.7. The van der Waals surface area contributed by atoms with E-state index in [0.29, 0.717) is 41.7 Å². The summed E-state index contributed by atoms with van der Waals surface area (Å²) in [5, 5.41) is 3.95. The van der Waals surface area contributed by atoms with Crippen molar-refractivity contribution < 1.29 is 27.4 Å². The van der Waals surface area contributed by atoms with Gasteiger partial charge in [0.15, 0.2) is 11.5 Å². The van der Waals surface area contributed by atoms with E-state index in [0.717, 1.165) is 10.6 Å². The van der Waals surface area contributed by atoms with Gasteiger partial charge in [0.05, 0.1) is 25.3 Å². The van der Waals surface area contributed by atoms with Crippen LogP contribution in [0.1, 0.15) is 12.5 Å². The third kappa shape index (κ3) is 4.82. The van der Waals surface area contributed by atoms with Crippen molar-refractivity contribution in [1.29, 1.82) is 0 Å². The molecule has 10 heteroatoms. The maximum absolute atomic E-state index is 12.6. The monoisotopic (exact) mass is 433 g/mol. The van der Waals surface area contributed by atoms with Crippen molar-refractivity contribution in [2.24, 2.45) is 5.10 Å². The summed E-state index contributed by atoms with van der Waals surface area (Å²) in [5.74, 6) is 1.14. The molecular weight excluding hydrogens is 410 g/mol. The van der Waals surface area contributed by atoms with Gasteiger partial charge in [-0.05, 0) is 43.3 Å². The summed E-state index contributed by atoms with van der Waals surface area (Å²) >= 11 is 0. The highest BCUT2D eigenvalue weighted by Gasteiger charge is 2.29. The number of nitrogens with one attached hydrogen (secondary N) is 1. The van der Waals surface area contributed by atoms with Crippen molar-refractivity contribution in [3.8, 4) is 17.2 Å². The van der Waals surface area contributed by atoms with E-state index in [4.69, 9.17) is 14.2 Å². The van der Waals surface area contributed by atoms with Crippen molar-refractivity contribution in [2.75, 3.05) is 30.9 Å². The van der Waals surface area contributed by atoms with Crippen LogP contribution >= 0.6 is 0 Å². The standard InChI is InChI=1S/C20H23N3O6S/c1-14(23(30(3,25)26)16-7-9-17(27-2)10-8-16)20(24)22-21-13-15-5-4-6-18-19(15)29-12-11-28-18/h4-10,13-14H,11-12H2,1-3H3,(H,22,24)/b21-13-/t14-/m1/s1. The van der Waals surface area contributed by atoms with E-state index in [1.54, 1.807) is 42.5 Å². The molecule has 0 fully saturated rings. The van der Waals surface area contributed by atoms with Crippen LogP contribution in [0.25, 0.3) is 0 Å². The van der Waals surface area contributed by atoms with Gasteiger partial charge in [0, 0.05) is 5.56 Å². The summed E-state index contributed by atoms with van der Waals surface area (Å²) in [5.41, 5.74) is 3.36. The normalized spacial score (nSPS) is 14.2. The molecule has 0 radical (unpaired) electrons. The van der Waals surface area contributed by atoms with Crippen molar-refractivity contribution >= 4 is 27.8 Å². The molecule has 3 rings (SSSR count). The predicted molar refractivity (Wildman–Crippen MR) is 113 cm³/mol. The number of carbonyl (C=O) groups is 1. The number of hydrogen-bond acceptors (Lipinski definition) is 7. The van der Waals surface area contributed by atoms with E-state index >= 15 is 0 Å². The lowest BCUT2D eigenvalue weighted by atomic mass is 10.2. The van der Waals surface area contributed by atoms with Gasteiger partial charge in [-0.25, -0.2) is 13.8 Å². The molecule has 0 bridgehead atoms. The molecule has 0 saturated heterocycles. The predicted octanol–water partition coefficient (Wildman–Crippen LogP) is 1.77. The number of benzene rings is 2. The number of methoxy groups -OCH3 is 1. The van der Waals surface area contributed by atoms with E-state index < -0.39 is 22.0 Å². The van der Waals surface area contributed by atoms with E-state index in [1.807, 2.05) is 0 Å². The lowest BCUT2D eigenvalue weighted by Gasteiger charge is -2.27. The SMILES string of the molecule is COc1ccc(N([C@H](C)C(=O)N/N=C\c2cccc3c2OCCO3)S(C)(=O)=O)cc1. The Bertz CT molecular complexity index is 1040. The first-order valence-electron chi connectivity index (χ1n) is 9.16. The van der Waals surface area contributed by atoms with Crippen LogP contribution < -0.4 is 23.9 Å². The molecule has 1 atom stereocenters. The number of ether oxygens (including phenoxy) is 3. The van der Waals surface area contributed by atoms with Gasteiger partial charge in [-0.1, -0.05) is 6.07 Å². The van der Waals surface area contributed by atoms with Crippen molar-refractivity contribution in [1.82, 2.24) is 5.43 Å². The second kappa shape index (κ2) is 9.04. The first kappa shape index (κ1) is 21.4. The molecule has 0 aliphatic carbocycles. The Balaban J connectivity index is 1.75. The van der Waals surface area contributed by atoms with Crippen LogP contribution in [-0.4, -0.2) is 53.2 Å². The summed E-state index contributed by atoms with van der Waals surface area (Å²) < 4.78 is 41.9. The van der Waals surface area contributed by atoms with Crippen LogP contribution in [0.5, 0.6) is 17.2 Å². The molecule has 1 aliphatic heterocycles. The number of nitrogens with zero attached hydrogens (tertiary/aromatic N) is 2. The fourth-order valence-corrected chi connectivity index (χ4v) is 4.17. The molecule has 1 heterocycles. The fraction of sp³-hybridized carbons (Fsp3) is 0.300. The Kier molecular flexibility index (Phi) is 6.46. The van der Waals surface area contributed by atoms with Gasteiger partial charge >= 0.3 is 0 Å². The summed E-state index contributed by atoms with van der Waals surface area (Å²) in [6, 6.07) is 10.7. The van der Waals surface area contributed by atoms with Crippen molar-refractivity contribution in [3.05, 3.63) is 48.0 Å². The molecule has 1 amide bonds. The Labute approximate surface area is 175 Å². The number of sulfonamides is 1. The minimum atomic E-state index is -3.73. The largest absolute Gasteiger partial charge is 0.497 e. The van der Waals surface area contributed by atoms with Crippen LogP contribution in [0.15, 0.2) is 47.6 Å². The first-order chi connectivity index (χ1) is 14.3. The average molecular weight is 433 g/mol. The van der Waals surface area contributed by atoms with Crippen LogP contribution in [0.2, 0.25) is 0 Å². The molecule has 0 aromatic heterocycles. The summed E-state index contributed by atoms with van der Waals surface area (Å²) in [6.45, 7) is 2.37. The van der Waals surface area contributed by atoms with Crippen molar-refractivity contribution in [3.63, 3.8) is 0 Å². The smallest absolute Gasteiger partial charge is 0.263 e. The summed E-state index contributed by atoms with van der Waals surface area (Å²) in [6.07, 6.45) is 2.47. The number of amides is 1. The Hall–Kier alpha value is -3.27. The topological polar surface area (TPSA) is 107 Å². The maximum Gasteiger partial charge on any atom is 0.263 e. The van der Waals surface area contributed by atoms with E-state index in [-0.39, 0.29) is 0 Å². The van der Waals surface area contributed by atoms with E-state index in [9.17, 15) is 13.2 Å². The van der Waals surface area contributed by atoms with Crippen LogP contribution in [0.4, 0.5) is 5.69 Å². The van der Waals surface area contributed by atoms with Crippen LogP contribution in [0.3, 0.4) is 0 Å². The first-order valence-corrected chi connectivity index (χ1v) is 11.0. The highest BCUT2D eigenvalue weighted by atomic mass is 32.2. The Morgan fingerprint density at radius 2 is 1.90 bits per heavy atom. The minimum Gasteiger partial charge on any atom is -0.497 e. The number of rotatable bonds is 7. The molecule has 1 N–H and O–H groups in total. The molecule has 0 saturated carbocycles. The lowest BCUT2D eigenvalue weighted by Crippen LogP contribution is -2.46. The molecule has 2 aromatic rings. The zero-order valence-electron chi connectivity index (χ0n) is 16.9. The molecule has 9 nitrogen and oxygen atoms in total. The highest BCUT2D eigenvalue weighted by Crippen LogP contribution is 2.32. The quantitative estimate of drug-likeness (QED) is 0.527. The summed E-state index contributed by atoms with van der Waals surface area (Å²) in [4.78, 5) is 12.6.